The summed E-state index contributed by atoms with van der Waals surface area (Å²) in [4.78, 5) is 45.7. The van der Waals surface area contributed by atoms with Gasteiger partial charge < -0.3 is 10.2 Å². The predicted octanol–water partition coefficient (Wildman–Crippen LogP) is 3.71. The first-order valence-electron chi connectivity index (χ1n) is 11.0. The van der Waals surface area contributed by atoms with E-state index in [1.165, 1.54) is 17.4 Å². The van der Waals surface area contributed by atoms with Crippen molar-refractivity contribution in [2.75, 3.05) is 18.4 Å². The number of hydrogen-bond acceptors (Lipinski definition) is 8. The van der Waals surface area contributed by atoms with Crippen LogP contribution in [0.3, 0.4) is 0 Å². The number of hydroxylamine groups is 1. The van der Waals surface area contributed by atoms with Crippen molar-refractivity contribution < 1.29 is 18.8 Å². The summed E-state index contributed by atoms with van der Waals surface area (Å²) in [6.45, 7) is 8.09. The number of likely N-dealkylation sites (tertiary alicyclic amines) is 1. The Morgan fingerprint density at radius 1 is 1.29 bits per heavy atom. The fourth-order valence-electron chi connectivity index (χ4n) is 3.61. The zero-order valence-corrected chi connectivity index (χ0v) is 20.3. The summed E-state index contributed by atoms with van der Waals surface area (Å²) in [7, 11) is 0. The Morgan fingerprint density at radius 3 is 2.82 bits per heavy atom. The van der Waals surface area contributed by atoms with Crippen LogP contribution in [0.2, 0.25) is 0 Å². The third-order valence-electron chi connectivity index (χ3n) is 5.38. The van der Waals surface area contributed by atoms with Gasteiger partial charge in [-0.05, 0) is 57.2 Å². The molecule has 2 amide bonds. The van der Waals surface area contributed by atoms with Crippen molar-refractivity contribution in [3.63, 3.8) is 0 Å². The lowest BCUT2D eigenvalue weighted by Crippen LogP contribution is -2.39. The zero-order chi connectivity index (χ0) is 24.5. The van der Waals surface area contributed by atoms with Gasteiger partial charge in [0.15, 0.2) is 5.69 Å². The Hall–Kier alpha value is -3.18. The molecule has 0 spiro atoms. The molecule has 0 radical (unpaired) electrons. The van der Waals surface area contributed by atoms with E-state index in [1.807, 2.05) is 39.1 Å². The van der Waals surface area contributed by atoms with Crippen LogP contribution < -0.4 is 10.8 Å². The lowest BCUT2D eigenvalue weighted by atomic mass is 10.1. The van der Waals surface area contributed by atoms with Crippen molar-refractivity contribution in [3.8, 4) is 0 Å². The maximum absolute atomic E-state index is 13.6. The Morgan fingerprint density at radius 2 is 2.09 bits per heavy atom. The minimum Gasteiger partial charge on any atom is -0.348 e. The number of rotatable bonds is 6. The maximum Gasteiger partial charge on any atom is 0.274 e. The summed E-state index contributed by atoms with van der Waals surface area (Å²) in [5.41, 5.74) is 3.55. The molecule has 2 atom stereocenters. The Balaban J connectivity index is 1.51. The number of anilines is 1. The molecule has 1 fully saturated rings. The average Bonchev–Trinajstić information content (AvgIpc) is 3.46. The van der Waals surface area contributed by atoms with Crippen molar-refractivity contribution in [2.45, 2.75) is 45.8 Å². The fraction of sp³-hybridized carbons (Fsp3) is 0.435. The van der Waals surface area contributed by atoms with Crippen molar-refractivity contribution in [1.82, 2.24) is 25.3 Å². The van der Waals surface area contributed by atoms with E-state index in [4.69, 9.17) is 4.84 Å². The van der Waals surface area contributed by atoms with Gasteiger partial charge in [0.25, 0.3) is 5.91 Å². The second-order valence-electron chi connectivity index (χ2n) is 9.25. The Labute approximate surface area is 200 Å². The van der Waals surface area contributed by atoms with Gasteiger partial charge in [0.05, 0.1) is 34.0 Å². The first-order chi connectivity index (χ1) is 16.1. The van der Waals surface area contributed by atoms with Crippen LogP contribution in [0.4, 0.5) is 10.3 Å². The van der Waals surface area contributed by atoms with Crippen LogP contribution in [0.5, 0.6) is 0 Å². The predicted molar refractivity (Wildman–Crippen MR) is 127 cm³/mol. The highest BCUT2D eigenvalue weighted by atomic mass is 32.1. The molecular formula is C23H27FN6O3S. The van der Waals surface area contributed by atoms with Gasteiger partial charge in [-0.1, -0.05) is 0 Å². The van der Waals surface area contributed by atoms with E-state index in [9.17, 15) is 14.0 Å². The average molecular weight is 487 g/mol. The van der Waals surface area contributed by atoms with Gasteiger partial charge in [0, 0.05) is 19.3 Å². The summed E-state index contributed by atoms with van der Waals surface area (Å²) in [6.07, 6.45) is 3.24. The Bertz CT molecular complexity index is 1210. The molecule has 3 aromatic heterocycles. The summed E-state index contributed by atoms with van der Waals surface area (Å²) in [5, 5.41) is 4.99. The van der Waals surface area contributed by atoms with Crippen LogP contribution in [0, 0.1) is 11.7 Å². The van der Waals surface area contributed by atoms with Gasteiger partial charge >= 0.3 is 0 Å². The van der Waals surface area contributed by atoms with Crippen LogP contribution >= 0.6 is 11.3 Å². The molecule has 1 aliphatic heterocycles. The molecule has 0 aliphatic carbocycles. The lowest BCUT2D eigenvalue weighted by molar-refractivity contribution is -0.149. The molecule has 34 heavy (non-hydrogen) atoms. The maximum atomic E-state index is 13.6. The molecule has 2 N–H and O–H groups in total. The van der Waals surface area contributed by atoms with Crippen molar-refractivity contribution in [3.05, 3.63) is 47.0 Å². The van der Waals surface area contributed by atoms with E-state index in [2.05, 4.69) is 25.7 Å². The number of carbonyl (C=O) groups is 2. The number of carbonyl (C=O) groups excluding carboxylic acids is 2. The monoisotopic (exact) mass is 486 g/mol. The molecule has 1 unspecified atom stereocenters. The van der Waals surface area contributed by atoms with Crippen LogP contribution in [-0.4, -0.2) is 50.4 Å². The molecule has 1 saturated heterocycles. The van der Waals surface area contributed by atoms with Crippen molar-refractivity contribution in [2.24, 2.45) is 5.92 Å². The number of hydrogen-bond donors (Lipinski definition) is 2. The first kappa shape index (κ1) is 24.0. The highest BCUT2D eigenvalue weighted by Gasteiger charge is 2.34. The molecule has 9 nitrogen and oxygen atoms in total. The van der Waals surface area contributed by atoms with Gasteiger partial charge in [-0.25, -0.2) is 19.8 Å². The Kier molecular flexibility index (Phi) is 6.76. The number of nitrogens with one attached hydrogen (secondary N) is 2. The van der Waals surface area contributed by atoms with E-state index in [-0.39, 0.29) is 42.0 Å². The molecule has 180 valence electrons. The first-order valence-corrected chi connectivity index (χ1v) is 11.9. The van der Waals surface area contributed by atoms with Crippen LogP contribution in [-0.2, 0) is 9.63 Å². The number of thiophene rings is 1. The smallest absolute Gasteiger partial charge is 0.274 e. The third-order valence-corrected chi connectivity index (χ3v) is 6.29. The highest BCUT2D eigenvalue weighted by Crippen LogP contribution is 2.28. The quantitative estimate of drug-likeness (QED) is 0.511. The van der Waals surface area contributed by atoms with E-state index in [1.54, 1.807) is 11.1 Å². The normalized spacial score (nSPS) is 17.1. The van der Waals surface area contributed by atoms with Gasteiger partial charge in [-0.15, -0.1) is 11.3 Å². The summed E-state index contributed by atoms with van der Waals surface area (Å²) in [6, 6.07) is 2.88. The van der Waals surface area contributed by atoms with Crippen LogP contribution in [0.25, 0.3) is 10.2 Å². The standard InChI is InChI=1S/C23H27FN6O3S/c1-13(15-9-16(24)11-25-10-15)26-22-27-17-6-8-34-19(17)18(28-22)21(32)30-7-5-14(12-30)20(31)29-33-23(2,3)4/h6,8-11,13-14H,5,7,12H2,1-4H3,(H,29,31)(H,26,27,28)/t13-,14?/m0/s1. The topological polar surface area (TPSA) is 109 Å². The van der Waals surface area contributed by atoms with Crippen LogP contribution in [0.15, 0.2) is 29.9 Å². The van der Waals surface area contributed by atoms with E-state index < -0.39 is 11.4 Å². The lowest BCUT2D eigenvalue weighted by Gasteiger charge is -2.21. The van der Waals surface area contributed by atoms with E-state index in [0.29, 0.717) is 28.7 Å². The minimum atomic E-state index is -0.502. The number of amides is 2. The number of fused-ring (bicyclic) bond motifs is 1. The van der Waals surface area contributed by atoms with Crippen LogP contribution in [0.1, 0.15) is 56.2 Å². The summed E-state index contributed by atoms with van der Waals surface area (Å²) in [5.74, 6) is -1.03. The third kappa shape index (κ3) is 5.48. The largest absolute Gasteiger partial charge is 0.348 e. The highest BCUT2D eigenvalue weighted by molar-refractivity contribution is 7.17. The minimum absolute atomic E-state index is 0.242. The molecule has 11 heteroatoms. The molecule has 3 aromatic rings. The van der Waals surface area contributed by atoms with Gasteiger partial charge in [0.2, 0.25) is 11.9 Å². The van der Waals surface area contributed by atoms with E-state index in [0.717, 1.165) is 6.20 Å². The summed E-state index contributed by atoms with van der Waals surface area (Å²) >= 11 is 1.39. The van der Waals surface area contributed by atoms with Crippen molar-refractivity contribution in [1.29, 1.82) is 0 Å². The van der Waals surface area contributed by atoms with Crippen molar-refractivity contribution >= 4 is 39.3 Å². The number of halogens is 1. The number of nitrogens with zero attached hydrogens (tertiary/aromatic N) is 4. The molecule has 0 saturated carbocycles. The van der Waals surface area contributed by atoms with Gasteiger partial charge in [-0.2, -0.15) is 0 Å². The molecule has 4 heterocycles. The number of pyridine rings is 1. The molecule has 0 aromatic carbocycles. The van der Waals surface area contributed by atoms with Gasteiger partial charge in [0.1, 0.15) is 5.82 Å². The SMILES string of the molecule is C[C@H](Nc1nc(C(=O)N2CCC(C(=O)NOC(C)(C)C)C2)c2sccc2n1)c1cncc(F)c1. The molecular weight excluding hydrogens is 459 g/mol. The zero-order valence-electron chi connectivity index (χ0n) is 19.5. The number of aromatic nitrogens is 3. The molecule has 4 rings (SSSR count). The fourth-order valence-corrected chi connectivity index (χ4v) is 4.42. The second-order valence-corrected chi connectivity index (χ2v) is 10.2. The van der Waals surface area contributed by atoms with Gasteiger partial charge in [-0.3, -0.25) is 19.4 Å². The second kappa shape index (κ2) is 9.59. The molecule has 1 aliphatic rings. The molecule has 0 bridgehead atoms. The summed E-state index contributed by atoms with van der Waals surface area (Å²) < 4.78 is 14.2. The van der Waals surface area contributed by atoms with E-state index >= 15 is 0 Å².